The minimum absolute atomic E-state index is 0.247. The number of nitrogens with zero attached hydrogens (tertiary/aromatic N) is 1. The topological polar surface area (TPSA) is 63.4 Å². The summed E-state index contributed by atoms with van der Waals surface area (Å²) in [5, 5.41) is 0. The molecular weight excluding hydrogens is 224 g/mol. The number of sulfone groups is 1. The van der Waals surface area contributed by atoms with Crippen molar-refractivity contribution in [3.63, 3.8) is 0 Å². The van der Waals surface area contributed by atoms with Crippen LogP contribution in [0, 0.1) is 0 Å². The molecule has 16 heavy (non-hydrogen) atoms. The summed E-state index contributed by atoms with van der Waals surface area (Å²) < 4.78 is 22.9. The highest BCUT2D eigenvalue weighted by Gasteiger charge is 2.18. The van der Waals surface area contributed by atoms with Crippen LogP contribution in [0.5, 0.6) is 0 Å². The van der Waals surface area contributed by atoms with Crippen LogP contribution in [0.25, 0.3) is 0 Å². The van der Waals surface area contributed by atoms with E-state index in [-0.39, 0.29) is 5.75 Å². The third kappa shape index (κ3) is 2.66. The summed E-state index contributed by atoms with van der Waals surface area (Å²) in [6, 6.07) is 7.56. The molecule has 0 radical (unpaired) electrons. The summed E-state index contributed by atoms with van der Waals surface area (Å²) in [6.07, 6.45) is 0.701. The lowest BCUT2D eigenvalue weighted by Gasteiger charge is -2.21. The third-order valence-corrected chi connectivity index (χ3v) is 4.53. The van der Waals surface area contributed by atoms with E-state index in [1.54, 1.807) is 0 Å². The van der Waals surface area contributed by atoms with Crippen molar-refractivity contribution in [1.29, 1.82) is 0 Å². The molecule has 5 heteroatoms. The molecule has 0 amide bonds. The van der Waals surface area contributed by atoms with Crippen molar-refractivity contribution in [2.45, 2.75) is 6.42 Å². The molecule has 88 valence electrons. The lowest BCUT2D eigenvalue weighted by atomic mass is 10.2. The zero-order valence-electron chi connectivity index (χ0n) is 9.09. The minimum atomic E-state index is -2.83. The molecule has 1 aliphatic heterocycles. The van der Waals surface area contributed by atoms with Gasteiger partial charge in [0.05, 0.1) is 11.5 Å². The first-order valence-electron chi connectivity index (χ1n) is 5.38. The number of nitrogen functional groups attached to an aromatic ring is 1. The molecule has 0 saturated carbocycles. The standard InChI is InChI=1S/C11H16N2O2S/c12-10-2-4-11(5-3-10)13-6-1-8-16(14,15)9-7-13/h2-5H,1,6-9,12H2. The van der Waals surface area contributed by atoms with Crippen LogP contribution >= 0.6 is 0 Å². The zero-order chi connectivity index (χ0) is 11.6. The number of hydrogen-bond donors (Lipinski definition) is 1. The average Bonchev–Trinajstić information content (AvgIpc) is 2.41. The van der Waals surface area contributed by atoms with Crippen molar-refractivity contribution < 1.29 is 8.42 Å². The minimum Gasteiger partial charge on any atom is -0.399 e. The van der Waals surface area contributed by atoms with Gasteiger partial charge in [0.25, 0.3) is 0 Å². The normalized spacial score (nSPS) is 20.4. The molecule has 0 bridgehead atoms. The summed E-state index contributed by atoms with van der Waals surface area (Å²) in [6.45, 7) is 1.37. The first kappa shape index (κ1) is 11.3. The van der Waals surface area contributed by atoms with Crippen molar-refractivity contribution in [2.24, 2.45) is 0 Å². The Morgan fingerprint density at radius 2 is 1.75 bits per heavy atom. The maximum atomic E-state index is 11.5. The van der Waals surface area contributed by atoms with E-state index in [9.17, 15) is 8.42 Å². The smallest absolute Gasteiger partial charge is 0.152 e. The molecular formula is C11H16N2O2S. The highest BCUT2D eigenvalue weighted by Crippen LogP contribution is 2.18. The Morgan fingerprint density at radius 1 is 1.06 bits per heavy atom. The Balaban J connectivity index is 2.13. The zero-order valence-corrected chi connectivity index (χ0v) is 9.91. The van der Waals surface area contributed by atoms with E-state index in [2.05, 4.69) is 4.90 Å². The van der Waals surface area contributed by atoms with Gasteiger partial charge in [0, 0.05) is 24.5 Å². The van der Waals surface area contributed by atoms with Crippen molar-refractivity contribution in [3.8, 4) is 0 Å². The second-order valence-electron chi connectivity index (χ2n) is 4.08. The van der Waals surface area contributed by atoms with E-state index in [0.29, 0.717) is 18.7 Å². The first-order chi connectivity index (χ1) is 7.57. The lowest BCUT2D eigenvalue weighted by Crippen LogP contribution is -2.26. The Labute approximate surface area is 96.0 Å². The van der Waals surface area contributed by atoms with Crippen molar-refractivity contribution in [1.82, 2.24) is 0 Å². The Bertz CT molecular complexity index is 453. The summed E-state index contributed by atoms with van der Waals surface area (Å²) >= 11 is 0. The molecule has 0 aliphatic carbocycles. The van der Waals surface area contributed by atoms with Gasteiger partial charge in [-0.3, -0.25) is 0 Å². The Hall–Kier alpha value is -1.23. The Morgan fingerprint density at radius 3 is 2.44 bits per heavy atom. The first-order valence-corrected chi connectivity index (χ1v) is 7.20. The number of nitrogens with two attached hydrogens (primary N) is 1. The van der Waals surface area contributed by atoms with Crippen molar-refractivity contribution in [2.75, 3.05) is 35.2 Å². The maximum Gasteiger partial charge on any atom is 0.152 e. The number of anilines is 2. The molecule has 2 rings (SSSR count). The number of benzene rings is 1. The third-order valence-electron chi connectivity index (χ3n) is 2.81. The van der Waals surface area contributed by atoms with Crippen LogP contribution in [0.15, 0.2) is 24.3 Å². The van der Waals surface area contributed by atoms with Gasteiger partial charge in [-0.05, 0) is 30.7 Å². The quantitative estimate of drug-likeness (QED) is 0.741. The average molecular weight is 240 g/mol. The van der Waals surface area contributed by atoms with Gasteiger partial charge >= 0.3 is 0 Å². The molecule has 4 nitrogen and oxygen atoms in total. The highest BCUT2D eigenvalue weighted by molar-refractivity contribution is 7.91. The predicted octanol–water partition coefficient (Wildman–Crippen LogP) is 0.894. The molecule has 0 spiro atoms. The summed E-state index contributed by atoms with van der Waals surface area (Å²) in [5.41, 5.74) is 7.39. The number of hydrogen-bond acceptors (Lipinski definition) is 4. The summed E-state index contributed by atoms with van der Waals surface area (Å²) in [4.78, 5) is 2.10. The van der Waals surface area contributed by atoms with E-state index in [0.717, 1.165) is 17.9 Å². The van der Waals surface area contributed by atoms with Gasteiger partial charge in [0.15, 0.2) is 9.84 Å². The van der Waals surface area contributed by atoms with Gasteiger partial charge in [-0.1, -0.05) is 0 Å². The van der Waals surface area contributed by atoms with Gasteiger partial charge in [-0.15, -0.1) is 0 Å². The van der Waals surface area contributed by atoms with Gasteiger partial charge in [-0.25, -0.2) is 8.42 Å². The number of rotatable bonds is 1. The van der Waals surface area contributed by atoms with Gasteiger partial charge < -0.3 is 10.6 Å². The van der Waals surface area contributed by atoms with Gasteiger partial charge in [0.2, 0.25) is 0 Å². The molecule has 1 saturated heterocycles. The monoisotopic (exact) mass is 240 g/mol. The fourth-order valence-electron chi connectivity index (χ4n) is 1.88. The molecule has 1 aliphatic rings. The van der Waals surface area contributed by atoms with Crippen molar-refractivity contribution >= 4 is 21.2 Å². The van der Waals surface area contributed by atoms with Crippen LogP contribution in [0.2, 0.25) is 0 Å². The fraction of sp³-hybridized carbons (Fsp3) is 0.455. The fourth-order valence-corrected chi connectivity index (χ4v) is 3.15. The molecule has 0 unspecified atom stereocenters. The van der Waals surface area contributed by atoms with Crippen LogP contribution in [-0.2, 0) is 9.84 Å². The predicted molar refractivity (Wildman–Crippen MR) is 66.3 cm³/mol. The largest absolute Gasteiger partial charge is 0.399 e. The van der Waals surface area contributed by atoms with Crippen LogP contribution in [0.1, 0.15) is 6.42 Å². The maximum absolute atomic E-state index is 11.5. The summed E-state index contributed by atoms with van der Waals surface area (Å²) in [5.74, 6) is 0.551. The molecule has 1 fully saturated rings. The molecule has 2 N–H and O–H groups in total. The molecule has 0 atom stereocenters. The molecule has 1 heterocycles. The van der Waals surface area contributed by atoms with E-state index in [4.69, 9.17) is 5.73 Å². The van der Waals surface area contributed by atoms with Gasteiger partial charge in [-0.2, -0.15) is 0 Å². The highest BCUT2D eigenvalue weighted by atomic mass is 32.2. The van der Waals surface area contributed by atoms with Crippen molar-refractivity contribution in [3.05, 3.63) is 24.3 Å². The molecule has 1 aromatic carbocycles. The summed E-state index contributed by atoms with van der Waals surface area (Å²) in [7, 11) is -2.83. The van der Waals surface area contributed by atoms with E-state index < -0.39 is 9.84 Å². The Kier molecular flexibility index (Phi) is 3.05. The molecule has 0 aromatic heterocycles. The lowest BCUT2D eigenvalue weighted by molar-refractivity contribution is 0.597. The van der Waals surface area contributed by atoms with Crippen LogP contribution < -0.4 is 10.6 Å². The second kappa shape index (κ2) is 4.33. The molecule has 1 aromatic rings. The van der Waals surface area contributed by atoms with Crippen LogP contribution in [0.4, 0.5) is 11.4 Å². The van der Waals surface area contributed by atoms with Crippen LogP contribution in [-0.4, -0.2) is 33.0 Å². The van der Waals surface area contributed by atoms with Crippen LogP contribution in [0.3, 0.4) is 0 Å². The van der Waals surface area contributed by atoms with Gasteiger partial charge in [0.1, 0.15) is 0 Å². The van der Waals surface area contributed by atoms with E-state index >= 15 is 0 Å². The van der Waals surface area contributed by atoms with E-state index in [1.807, 2.05) is 24.3 Å². The van der Waals surface area contributed by atoms with E-state index in [1.165, 1.54) is 0 Å². The second-order valence-corrected chi connectivity index (χ2v) is 6.39. The SMILES string of the molecule is Nc1ccc(N2CCCS(=O)(=O)CC2)cc1.